The normalized spacial score (nSPS) is 10.4. The zero-order valence-corrected chi connectivity index (χ0v) is 9.01. The highest BCUT2D eigenvalue weighted by molar-refractivity contribution is 6.83. The van der Waals surface area contributed by atoms with Crippen LogP contribution in [0.5, 0.6) is 0 Å². The maximum absolute atomic E-state index is 11.1. The maximum Gasteiger partial charge on any atom is 0.282 e. The summed E-state index contributed by atoms with van der Waals surface area (Å²) in [5.74, 6) is 2.81. The summed E-state index contributed by atoms with van der Waals surface area (Å²) < 4.78 is 0. The fraction of sp³-hybridized carbons (Fsp3) is 0.333. The van der Waals surface area contributed by atoms with Gasteiger partial charge in [0, 0.05) is 12.4 Å². The van der Waals surface area contributed by atoms with Gasteiger partial charge in [0.1, 0.15) is 8.07 Å². The number of aromatic amines is 1. The van der Waals surface area contributed by atoms with Crippen molar-refractivity contribution in [3.05, 3.63) is 28.4 Å². The molecule has 0 bridgehead atoms. The molecule has 3 nitrogen and oxygen atoms in total. The Morgan fingerprint density at radius 3 is 2.69 bits per heavy atom. The number of hydrogen-bond acceptors (Lipinski definition) is 2. The molecule has 0 aliphatic carbocycles. The highest BCUT2D eigenvalue weighted by Crippen LogP contribution is 1.96. The largest absolute Gasteiger partial charge is 0.325 e. The van der Waals surface area contributed by atoms with Crippen LogP contribution < -0.4 is 5.56 Å². The summed E-state index contributed by atoms with van der Waals surface area (Å²) in [6, 6.07) is 0. The predicted molar refractivity (Wildman–Crippen MR) is 55.1 cm³/mol. The summed E-state index contributed by atoms with van der Waals surface area (Å²) >= 11 is 0. The summed E-state index contributed by atoms with van der Waals surface area (Å²) in [6.45, 7) is 6.37. The Hall–Kier alpha value is -1.34. The lowest BCUT2D eigenvalue weighted by Gasteiger charge is -2.02. The summed E-state index contributed by atoms with van der Waals surface area (Å²) in [6.07, 6.45) is 3.04. The van der Waals surface area contributed by atoms with Gasteiger partial charge in [0.05, 0.1) is 0 Å². The molecule has 0 amide bonds. The molecule has 0 aliphatic rings. The highest BCUT2D eigenvalue weighted by atomic mass is 28.3. The molecule has 1 rings (SSSR count). The number of aromatic nitrogens is 2. The van der Waals surface area contributed by atoms with Gasteiger partial charge in [-0.05, 0) is 5.92 Å². The average molecular weight is 192 g/mol. The second-order valence-electron chi connectivity index (χ2n) is 3.77. The molecule has 68 valence electrons. The second kappa shape index (κ2) is 3.58. The van der Waals surface area contributed by atoms with E-state index in [0.29, 0.717) is 5.69 Å². The second-order valence-corrected chi connectivity index (χ2v) is 8.52. The van der Waals surface area contributed by atoms with Crippen LogP contribution in [-0.4, -0.2) is 18.0 Å². The molecule has 0 atom stereocenters. The van der Waals surface area contributed by atoms with Gasteiger partial charge in [0.2, 0.25) is 0 Å². The van der Waals surface area contributed by atoms with Crippen LogP contribution in [0.15, 0.2) is 17.2 Å². The van der Waals surface area contributed by atoms with Gasteiger partial charge in [-0.25, -0.2) is 4.98 Å². The quantitative estimate of drug-likeness (QED) is 0.492. The third kappa shape index (κ3) is 3.26. The van der Waals surface area contributed by atoms with E-state index in [9.17, 15) is 4.79 Å². The molecule has 1 aromatic rings. The van der Waals surface area contributed by atoms with E-state index >= 15 is 0 Å². The molecule has 1 aromatic heterocycles. The van der Waals surface area contributed by atoms with E-state index in [-0.39, 0.29) is 5.56 Å². The summed E-state index contributed by atoms with van der Waals surface area (Å²) in [5.41, 5.74) is 3.18. The van der Waals surface area contributed by atoms with Gasteiger partial charge in [-0.15, -0.1) is 5.54 Å². The third-order valence-electron chi connectivity index (χ3n) is 1.26. The zero-order valence-electron chi connectivity index (χ0n) is 8.01. The van der Waals surface area contributed by atoms with E-state index in [1.54, 1.807) is 0 Å². The van der Waals surface area contributed by atoms with Crippen LogP contribution in [0.1, 0.15) is 5.69 Å². The molecular weight excluding hydrogens is 180 g/mol. The summed E-state index contributed by atoms with van der Waals surface area (Å²) in [5, 5.41) is 0. The minimum atomic E-state index is -1.42. The van der Waals surface area contributed by atoms with Crippen molar-refractivity contribution in [2.24, 2.45) is 0 Å². The summed E-state index contributed by atoms with van der Waals surface area (Å²) in [4.78, 5) is 17.5. The Morgan fingerprint density at radius 1 is 1.46 bits per heavy atom. The Kier molecular flexibility index (Phi) is 2.68. The van der Waals surface area contributed by atoms with Crippen molar-refractivity contribution >= 4 is 8.07 Å². The average Bonchev–Trinajstić information content (AvgIpc) is 2.01. The third-order valence-corrected chi connectivity index (χ3v) is 2.14. The van der Waals surface area contributed by atoms with Gasteiger partial charge in [-0.3, -0.25) is 4.79 Å². The van der Waals surface area contributed by atoms with E-state index in [1.807, 2.05) is 0 Å². The van der Waals surface area contributed by atoms with E-state index in [4.69, 9.17) is 0 Å². The SMILES string of the molecule is C[Si](C)(C)C#Cc1ncc[nH]c1=O. The monoisotopic (exact) mass is 192 g/mol. The highest BCUT2D eigenvalue weighted by Gasteiger charge is 2.07. The van der Waals surface area contributed by atoms with E-state index in [0.717, 1.165) is 0 Å². The lowest BCUT2D eigenvalue weighted by molar-refractivity contribution is 1.11. The fourth-order valence-electron chi connectivity index (χ4n) is 0.687. The fourth-order valence-corrected chi connectivity index (χ4v) is 1.18. The van der Waals surface area contributed by atoms with Crippen LogP contribution in [0.3, 0.4) is 0 Å². The van der Waals surface area contributed by atoms with Crippen molar-refractivity contribution in [1.29, 1.82) is 0 Å². The van der Waals surface area contributed by atoms with Crippen LogP contribution in [0.4, 0.5) is 0 Å². The molecule has 0 unspecified atom stereocenters. The number of rotatable bonds is 0. The molecular formula is C9H12N2OSi. The summed E-state index contributed by atoms with van der Waals surface area (Å²) in [7, 11) is -1.42. The molecule has 0 saturated heterocycles. The smallest absolute Gasteiger partial charge is 0.282 e. The maximum atomic E-state index is 11.1. The molecule has 1 N–H and O–H groups in total. The topological polar surface area (TPSA) is 45.8 Å². The number of hydrogen-bond donors (Lipinski definition) is 1. The van der Waals surface area contributed by atoms with Crippen molar-refractivity contribution in [1.82, 2.24) is 9.97 Å². The van der Waals surface area contributed by atoms with Crippen LogP contribution in [0.2, 0.25) is 19.6 Å². The first-order valence-electron chi connectivity index (χ1n) is 4.06. The molecule has 0 fully saturated rings. The Labute approximate surface area is 78.2 Å². The zero-order chi connectivity index (χ0) is 9.90. The van der Waals surface area contributed by atoms with E-state index in [1.165, 1.54) is 12.4 Å². The first kappa shape index (κ1) is 9.74. The van der Waals surface area contributed by atoms with Gasteiger partial charge in [0.15, 0.2) is 5.69 Å². The number of nitrogens with one attached hydrogen (secondary N) is 1. The first-order valence-corrected chi connectivity index (χ1v) is 7.56. The molecule has 0 aromatic carbocycles. The van der Waals surface area contributed by atoms with Gasteiger partial charge >= 0.3 is 0 Å². The van der Waals surface area contributed by atoms with Crippen LogP contribution in [-0.2, 0) is 0 Å². The molecule has 4 heteroatoms. The molecule has 1 heterocycles. The van der Waals surface area contributed by atoms with Gasteiger partial charge in [-0.1, -0.05) is 19.6 Å². The van der Waals surface area contributed by atoms with E-state index in [2.05, 4.69) is 41.1 Å². The molecule has 0 spiro atoms. The minimum absolute atomic E-state index is 0.215. The lowest BCUT2D eigenvalue weighted by Crippen LogP contribution is -2.18. The lowest BCUT2D eigenvalue weighted by atomic mass is 10.5. The molecule has 13 heavy (non-hydrogen) atoms. The predicted octanol–water partition coefficient (Wildman–Crippen LogP) is 0.999. The standard InChI is InChI=1S/C9H12N2OSi/c1-13(2,3)7-4-8-9(12)11-6-5-10-8/h5-6H,1-3H3,(H,11,12). The van der Waals surface area contributed by atoms with Crippen molar-refractivity contribution in [3.8, 4) is 11.5 Å². The number of H-pyrrole nitrogens is 1. The van der Waals surface area contributed by atoms with E-state index < -0.39 is 8.07 Å². The van der Waals surface area contributed by atoms with Gasteiger partial charge in [-0.2, -0.15) is 0 Å². The van der Waals surface area contributed by atoms with Crippen LogP contribution >= 0.6 is 0 Å². The molecule has 0 radical (unpaired) electrons. The Morgan fingerprint density at radius 2 is 2.15 bits per heavy atom. The van der Waals surface area contributed by atoms with Crippen LogP contribution in [0, 0.1) is 11.5 Å². The van der Waals surface area contributed by atoms with Crippen molar-refractivity contribution < 1.29 is 0 Å². The number of nitrogens with zero attached hydrogens (tertiary/aromatic N) is 1. The minimum Gasteiger partial charge on any atom is -0.325 e. The van der Waals surface area contributed by atoms with Gasteiger partial charge < -0.3 is 4.98 Å². The van der Waals surface area contributed by atoms with Crippen LogP contribution in [0.25, 0.3) is 0 Å². The first-order chi connectivity index (χ1) is 5.99. The Bertz CT molecular complexity index is 406. The molecule has 0 aliphatic heterocycles. The van der Waals surface area contributed by atoms with Crippen molar-refractivity contribution in [3.63, 3.8) is 0 Å². The van der Waals surface area contributed by atoms with Gasteiger partial charge in [0.25, 0.3) is 5.56 Å². The van der Waals surface area contributed by atoms with Crippen molar-refractivity contribution in [2.45, 2.75) is 19.6 Å². The van der Waals surface area contributed by atoms with Crippen molar-refractivity contribution in [2.75, 3.05) is 0 Å². The Balaban J connectivity index is 3.04. The molecule has 0 saturated carbocycles.